The quantitative estimate of drug-likeness (QED) is 0.760. The van der Waals surface area contributed by atoms with Crippen molar-refractivity contribution in [3.63, 3.8) is 0 Å². The fourth-order valence-electron chi connectivity index (χ4n) is 2.38. The Kier molecular flexibility index (Phi) is 8.81. The molecule has 130 valence electrons. The average Bonchev–Trinajstić information content (AvgIpc) is 3.06. The lowest BCUT2D eigenvalue weighted by Crippen LogP contribution is -2.35. The first-order chi connectivity index (χ1) is 10.7. The Labute approximate surface area is 144 Å². The van der Waals surface area contributed by atoms with Crippen LogP contribution in [0.15, 0.2) is 18.2 Å². The van der Waals surface area contributed by atoms with Crippen LogP contribution in [0.3, 0.4) is 0 Å². The SMILES string of the molecule is CCCOc1ccc(NC(=O)[C@@H]2CCCN2)cc1OCCC.Cl. The lowest BCUT2D eigenvalue weighted by atomic mass is 10.2. The first kappa shape index (κ1) is 19.6. The molecule has 0 saturated carbocycles. The molecule has 23 heavy (non-hydrogen) atoms. The molecule has 0 spiro atoms. The van der Waals surface area contributed by atoms with Crippen molar-refractivity contribution in [3.05, 3.63) is 18.2 Å². The van der Waals surface area contributed by atoms with Crippen LogP contribution in [-0.2, 0) is 4.79 Å². The van der Waals surface area contributed by atoms with Crippen LogP contribution in [0, 0.1) is 0 Å². The molecule has 0 unspecified atom stereocenters. The summed E-state index contributed by atoms with van der Waals surface area (Å²) in [4.78, 5) is 12.2. The number of amides is 1. The molecule has 2 N–H and O–H groups in total. The zero-order valence-electron chi connectivity index (χ0n) is 13.9. The molecule has 1 aromatic rings. The van der Waals surface area contributed by atoms with Crippen molar-refractivity contribution in [3.8, 4) is 11.5 Å². The van der Waals surface area contributed by atoms with Crippen LogP contribution in [0.4, 0.5) is 5.69 Å². The van der Waals surface area contributed by atoms with E-state index in [1.54, 1.807) is 0 Å². The van der Waals surface area contributed by atoms with E-state index in [0.29, 0.717) is 19.0 Å². The van der Waals surface area contributed by atoms with Gasteiger partial charge < -0.3 is 20.1 Å². The fourth-order valence-corrected chi connectivity index (χ4v) is 2.38. The van der Waals surface area contributed by atoms with Crippen molar-refractivity contribution in [2.45, 2.75) is 45.6 Å². The number of hydrogen-bond acceptors (Lipinski definition) is 4. The van der Waals surface area contributed by atoms with E-state index >= 15 is 0 Å². The highest BCUT2D eigenvalue weighted by molar-refractivity contribution is 5.95. The minimum Gasteiger partial charge on any atom is -0.490 e. The largest absolute Gasteiger partial charge is 0.490 e. The Hall–Kier alpha value is -1.46. The number of rotatable bonds is 8. The Morgan fingerprint density at radius 2 is 1.91 bits per heavy atom. The van der Waals surface area contributed by atoms with E-state index in [2.05, 4.69) is 24.5 Å². The number of nitrogens with one attached hydrogen (secondary N) is 2. The lowest BCUT2D eigenvalue weighted by molar-refractivity contribution is -0.117. The zero-order chi connectivity index (χ0) is 15.8. The maximum atomic E-state index is 12.2. The Morgan fingerprint density at radius 3 is 2.52 bits per heavy atom. The van der Waals surface area contributed by atoms with E-state index in [1.165, 1.54) is 0 Å². The minimum absolute atomic E-state index is 0. The van der Waals surface area contributed by atoms with Crippen molar-refractivity contribution in [2.24, 2.45) is 0 Å². The van der Waals surface area contributed by atoms with Crippen molar-refractivity contribution >= 4 is 24.0 Å². The summed E-state index contributed by atoms with van der Waals surface area (Å²) in [5, 5.41) is 6.14. The summed E-state index contributed by atoms with van der Waals surface area (Å²) in [5.74, 6) is 1.43. The molecule has 1 aromatic carbocycles. The maximum Gasteiger partial charge on any atom is 0.241 e. The number of carbonyl (C=O) groups excluding carboxylic acids is 1. The van der Waals surface area contributed by atoms with Gasteiger partial charge >= 0.3 is 0 Å². The average molecular weight is 343 g/mol. The lowest BCUT2D eigenvalue weighted by Gasteiger charge is -2.15. The number of benzene rings is 1. The van der Waals surface area contributed by atoms with Crippen LogP contribution in [0.5, 0.6) is 11.5 Å². The van der Waals surface area contributed by atoms with Crippen molar-refractivity contribution < 1.29 is 14.3 Å². The first-order valence-electron chi connectivity index (χ1n) is 8.18. The van der Waals surface area contributed by atoms with Crippen LogP contribution < -0.4 is 20.1 Å². The molecule has 1 heterocycles. The molecule has 1 saturated heterocycles. The molecule has 1 atom stereocenters. The summed E-state index contributed by atoms with van der Waals surface area (Å²) in [6, 6.07) is 5.47. The fraction of sp³-hybridized carbons (Fsp3) is 0.588. The topological polar surface area (TPSA) is 59.6 Å². The minimum atomic E-state index is -0.0870. The normalized spacial score (nSPS) is 16.5. The van der Waals surface area contributed by atoms with E-state index in [0.717, 1.165) is 43.7 Å². The number of carbonyl (C=O) groups is 1. The van der Waals surface area contributed by atoms with Crippen molar-refractivity contribution in [1.82, 2.24) is 5.32 Å². The molecule has 0 radical (unpaired) electrons. The summed E-state index contributed by atoms with van der Waals surface area (Å²) < 4.78 is 11.4. The molecular formula is C17H27ClN2O3. The van der Waals surface area contributed by atoms with E-state index < -0.39 is 0 Å². The highest BCUT2D eigenvalue weighted by Gasteiger charge is 2.22. The van der Waals surface area contributed by atoms with Crippen LogP contribution in [-0.4, -0.2) is 31.7 Å². The van der Waals surface area contributed by atoms with Gasteiger partial charge in [0.15, 0.2) is 11.5 Å². The van der Waals surface area contributed by atoms with Gasteiger partial charge in [0, 0.05) is 11.8 Å². The summed E-state index contributed by atoms with van der Waals surface area (Å²) in [6.07, 6.45) is 3.81. The Balaban J connectivity index is 0.00000264. The predicted molar refractivity (Wildman–Crippen MR) is 94.9 cm³/mol. The number of ether oxygens (including phenoxy) is 2. The third-order valence-electron chi connectivity index (χ3n) is 3.51. The highest BCUT2D eigenvalue weighted by atomic mass is 35.5. The first-order valence-corrected chi connectivity index (χ1v) is 8.18. The van der Waals surface area contributed by atoms with E-state index in [1.807, 2.05) is 18.2 Å². The number of anilines is 1. The Morgan fingerprint density at radius 1 is 1.22 bits per heavy atom. The van der Waals surface area contributed by atoms with Gasteiger partial charge in [0.1, 0.15) is 0 Å². The van der Waals surface area contributed by atoms with Gasteiger partial charge in [-0.05, 0) is 44.4 Å². The van der Waals surface area contributed by atoms with Crippen LogP contribution in [0.2, 0.25) is 0 Å². The summed E-state index contributed by atoms with van der Waals surface area (Å²) in [6.45, 7) is 6.32. The highest BCUT2D eigenvalue weighted by Crippen LogP contribution is 2.31. The third-order valence-corrected chi connectivity index (χ3v) is 3.51. The van der Waals surface area contributed by atoms with Gasteiger partial charge in [0.25, 0.3) is 0 Å². The van der Waals surface area contributed by atoms with Crippen LogP contribution in [0.1, 0.15) is 39.5 Å². The van der Waals surface area contributed by atoms with E-state index in [-0.39, 0.29) is 24.4 Å². The molecule has 0 aliphatic carbocycles. The number of hydrogen-bond donors (Lipinski definition) is 2. The smallest absolute Gasteiger partial charge is 0.241 e. The predicted octanol–water partition coefficient (Wildman–Crippen LogP) is 3.38. The Bertz CT molecular complexity index is 491. The van der Waals surface area contributed by atoms with Gasteiger partial charge in [0.05, 0.1) is 19.3 Å². The van der Waals surface area contributed by atoms with E-state index in [9.17, 15) is 4.79 Å². The standard InChI is InChI=1S/C17H26N2O3.ClH/c1-3-10-21-15-8-7-13(12-16(15)22-11-4-2)19-17(20)14-6-5-9-18-14;/h7-8,12,14,18H,3-6,9-11H2,1-2H3,(H,19,20);1H/t14-;/m0./s1. The van der Waals surface area contributed by atoms with Gasteiger partial charge in [0.2, 0.25) is 5.91 Å². The second kappa shape index (κ2) is 10.3. The molecule has 1 fully saturated rings. The van der Waals surface area contributed by atoms with Gasteiger partial charge in [-0.25, -0.2) is 0 Å². The third kappa shape index (κ3) is 5.92. The molecule has 1 aliphatic heterocycles. The van der Waals surface area contributed by atoms with E-state index in [4.69, 9.17) is 9.47 Å². The van der Waals surface area contributed by atoms with Crippen molar-refractivity contribution in [1.29, 1.82) is 0 Å². The second-order valence-electron chi connectivity index (χ2n) is 5.50. The summed E-state index contributed by atoms with van der Waals surface area (Å²) in [5.41, 5.74) is 0.744. The zero-order valence-corrected chi connectivity index (χ0v) is 14.7. The van der Waals surface area contributed by atoms with Gasteiger partial charge in [-0.3, -0.25) is 4.79 Å². The maximum absolute atomic E-state index is 12.2. The molecule has 5 nitrogen and oxygen atoms in total. The van der Waals surface area contributed by atoms with Gasteiger partial charge in [-0.1, -0.05) is 13.8 Å². The summed E-state index contributed by atoms with van der Waals surface area (Å²) >= 11 is 0. The van der Waals surface area contributed by atoms with Crippen molar-refractivity contribution in [2.75, 3.05) is 25.1 Å². The van der Waals surface area contributed by atoms with Crippen LogP contribution >= 0.6 is 12.4 Å². The van der Waals surface area contributed by atoms with Gasteiger partial charge in [-0.2, -0.15) is 0 Å². The molecular weight excluding hydrogens is 316 g/mol. The monoisotopic (exact) mass is 342 g/mol. The molecule has 1 amide bonds. The van der Waals surface area contributed by atoms with Gasteiger partial charge in [-0.15, -0.1) is 12.4 Å². The van der Waals surface area contributed by atoms with Crippen LogP contribution in [0.25, 0.3) is 0 Å². The molecule has 0 aromatic heterocycles. The molecule has 1 aliphatic rings. The molecule has 6 heteroatoms. The molecule has 0 bridgehead atoms. The second-order valence-corrected chi connectivity index (χ2v) is 5.50. The number of halogens is 1. The summed E-state index contributed by atoms with van der Waals surface area (Å²) in [7, 11) is 0. The molecule has 2 rings (SSSR count).